The zero-order valence-corrected chi connectivity index (χ0v) is 15.7. The zero-order valence-electron chi connectivity index (χ0n) is 15.7. The average Bonchev–Trinajstić information content (AvgIpc) is 3.22. The summed E-state index contributed by atoms with van der Waals surface area (Å²) in [5.74, 6) is 0.205. The highest BCUT2D eigenvalue weighted by molar-refractivity contribution is 5.99. The molecule has 3 aromatic rings. The van der Waals surface area contributed by atoms with Crippen molar-refractivity contribution in [1.82, 2.24) is 19.9 Å². The quantitative estimate of drug-likeness (QED) is 0.652. The Labute approximate surface area is 167 Å². The molecule has 8 nitrogen and oxygen atoms in total. The molecule has 146 valence electrons. The van der Waals surface area contributed by atoms with Gasteiger partial charge in [-0.1, -0.05) is 6.58 Å². The largest absolute Gasteiger partial charge is 0.350 e. The van der Waals surface area contributed by atoms with Gasteiger partial charge in [-0.15, -0.1) is 0 Å². The predicted molar refractivity (Wildman–Crippen MR) is 111 cm³/mol. The van der Waals surface area contributed by atoms with Crippen LogP contribution in [0.15, 0.2) is 61.6 Å². The number of likely N-dealkylation sites (tertiary alicyclic amines) is 1. The van der Waals surface area contributed by atoms with Crippen LogP contribution in [0, 0.1) is 0 Å². The highest BCUT2D eigenvalue weighted by Gasteiger charge is 2.27. The molecule has 8 heteroatoms. The number of benzene rings is 1. The maximum atomic E-state index is 12.8. The van der Waals surface area contributed by atoms with E-state index in [2.05, 4.69) is 32.2 Å². The van der Waals surface area contributed by atoms with Gasteiger partial charge in [-0.05, 0) is 42.8 Å². The molecule has 1 aliphatic rings. The Bertz CT molecular complexity index is 1070. The lowest BCUT2D eigenvalue weighted by molar-refractivity contribution is -0.111. The highest BCUT2D eigenvalue weighted by Crippen LogP contribution is 2.19. The van der Waals surface area contributed by atoms with Crippen molar-refractivity contribution >= 4 is 34.4 Å². The maximum absolute atomic E-state index is 12.8. The summed E-state index contributed by atoms with van der Waals surface area (Å²) in [5, 5.41) is 6.90. The minimum Gasteiger partial charge on any atom is -0.350 e. The fraction of sp³-hybridized carbons (Fsp3) is 0.190. The van der Waals surface area contributed by atoms with E-state index in [0.717, 1.165) is 17.3 Å². The Hall–Kier alpha value is -3.81. The third-order valence-corrected chi connectivity index (χ3v) is 4.78. The standard InChI is InChI=1S/C21H20N6O2/c1-2-19(28)24-16-5-3-14(4-6-16)20(29)27-10-8-17(13-27)25-21-23-11-15-7-9-22-12-18(15)26-21/h2-7,9,11-12,17H,1,8,10,13H2,(H,24,28)(H,23,25,26). The zero-order chi connectivity index (χ0) is 20.2. The Morgan fingerprint density at radius 3 is 2.79 bits per heavy atom. The van der Waals surface area contributed by atoms with Gasteiger partial charge in [0.1, 0.15) is 0 Å². The van der Waals surface area contributed by atoms with Gasteiger partial charge in [-0.3, -0.25) is 14.6 Å². The lowest BCUT2D eigenvalue weighted by Gasteiger charge is -2.17. The van der Waals surface area contributed by atoms with Crippen LogP contribution in [-0.2, 0) is 4.79 Å². The summed E-state index contributed by atoms with van der Waals surface area (Å²) < 4.78 is 0. The Morgan fingerprint density at radius 2 is 2.00 bits per heavy atom. The van der Waals surface area contributed by atoms with Crippen molar-refractivity contribution in [2.24, 2.45) is 0 Å². The van der Waals surface area contributed by atoms with Gasteiger partial charge in [0.2, 0.25) is 11.9 Å². The average molecular weight is 388 g/mol. The number of pyridine rings is 1. The van der Waals surface area contributed by atoms with E-state index in [-0.39, 0.29) is 17.9 Å². The second kappa shape index (κ2) is 8.05. The molecule has 1 aliphatic heterocycles. The van der Waals surface area contributed by atoms with E-state index in [1.54, 1.807) is 47.8 Å². The fourth-order valence-corrected chi connectivity index (χ4v) is 3.26. The van der Waals surface area contributed by atoms with E-state index in [1.165, 1.54) is 6.08 Å². The highest BCUT2D eigenvalue weighted by atomic mass is 16.2. The summed E-state index contributed by atoms with van der Waals surface area (Å²) in [6.07, 6.45) is 7.18. The van der Waals surface area contributed by atoms with Crippen LogP contribution in [0.1, 0.15) is 16.8 Å². The maximum Gasteiger partial charge on any atom is 0.253 e. The lowest BCUT2D eigenvalue weighted by atomic mass is 10.2. The molecule has 1 fully saturated rings. The number of anilines is 2. The topological polar surface area (TPSA) is 100 Å². The number of nitrogens with one attached hydrogen (secondary N) is 2. The van der Waals surface area contributed by atoms with Gasteiger partial charge >= 0.3 is 0 Å². The van der Waals surface area contributed by atoms with Crippen molar-refractivity contribution in [1.29, 1.82) is 0 Å². The molecule has 2 N–H and O–H groups in total. The van der Waals surface area contributed by atoms with E-state index in [1.807, 2.05) is 6.07 Å². The lowest BCUT2D eigenvalue weighted by Crippen LogP contribution is -2.31. The van der Waals surface area contributed by atoms with Crippen molar-refractivity contribution < 1.29 is 9.59 Å². The molecule has 2 aromatic heterocycles. The van der Waals surface area contributed by atoms with Gasteiger partial charge < -0.3 is 15.5 Å². The van der Waals surface area contributed by atoms with Crippen LogP contribution in [0.3, 0.4) is 0 Å². The molecule has 1 saturated heterocycles. The van der Waals surface area contributed by atoms with Crippen molar-refractivity contribution in [3.8, 4) is 0 Å². The molecule has 0 spiro atoms. The second-order valence-corrected chi connectivity index (χ2v) is 6.78. The summed E-state index contributed by atoms with van der Waals surface area (Å²) in [6.45, 7) is 4.64. The van der Waals surface area contributed by atoms with Gasteiger partial charge in [0, 0.05) is 48.2 Å². The molecule has 0 bridgehead atoms. The second-order valence-electron chi connectivity index (χ2n) is 6.78. The molecule has 0 saturated carbocycles. The van der Waals surface area contributed by atoms with Gasteiger partial charge in [-0.2, -0.15) is 0 Å². The van der Waals surface area contributed by atoms with Crippen LogP contribution in [0.4, 0.5) is 11.6 Å². The molecule has 4 rings (SSSR count). The SMILES string of the molecule is C=CC(=O)Nc1ccc(C(=O)N2CCC(Nc3ncc4ccncc4n3)C2)cc1. The van der Waals surface area contributed by atoms with Gasteiger partial charge in [0.25, 0.3) is 5.91 Å². The number of fused-ring (bicyclic) bond motifs is 1. The number of aromatic nitrogens is 3. The Balaban J connectivity index is 1.37. The minimum absolute atomic E-state index is 0.0421. The molecule has 1 aromatic carbocycles. The Morgan fingerprint density at radius 1 is 1.17 bits per heavy atom. The van der Waals surface area contributed by atoms with Crippen molar-refractivity contribution in [3.63, 3.8) is 0 Å². The van der Waals surface area contributed by atoms with Gasteiger partial charge in [-0.25, -0.2) is 9.97 Å². The van der Waals surface area contributed by atoms with Gasteiger partial charge in [0.15, 0.2) is 0 Å². The number of carbonyl (C=O) groups excluding carboxylic acids is 2. The van der Waals surface area contributed by atoms with Crippen LogP contribution in [0.5, 0.6) is 0 Å². The molecule has 0 radical (unpaired) electrons. The van der Waals surface area contributed by atoms with E-state index in [0.29, 0.717) is 30.3 Å². The van der Waals surface area contributed by atoms with E-state index < -0.39 is 0 Å². The number of nitrogens with zero attached hydrogens (tertiary/aromatic N) is 4. The summed E-state index contributed by atoms with van der Waals surface area (Å²) in [7, 11) is 0. The molecule has 29 heavy (non-hydrogen) atoms. The Kier molecular flexibility index (Phi) is 5.15. The first-order valence-corrected chi connectivity index (χ1v) is 9.28. The first kappa shape index (κ1) is 18.5. The monoisotopic (exact) mass is 388 g/mol. The van der Waals surface area contributed by atoms with E-state index in [9.17, 15) is 9.59 Å². The van der Waals surface area contributed by atoms with Crippen LogP contribution in [0.25, 0.3) is 10.9 Å². The minimum atomic E-state index is -0.288. The van der Waals surface area contributed by atoms with Crippen molar-refractivity contribution in [2.45, 2.75) is 12.5 Å². The number of carbonyl (C=O) groups is 2. The molecule has 0 aliphatic carbocycles. The van der Waals surface area contributed by atoms with Crippen LogP contribution in [0.2, 0.25) is 0 Å². The summed E-state index contributed by atoms with van der Waals surface area (Å²) in [5.41, 5.74) is 1.98. The summed E-state index contributed by atoms with van der Waals surface area (Å²) in [4.78, 5) is 38.8. The first-order chi connectivity index (χ1) is 14.1. The molecular weight excluding hydrogens is 368 g/mol. The van der Waals surface area contributed by atoms with Crippen molar-refractivity contribution in [3.05, 3.63) is 67.1 Å². The van der Waals surface area contributed by atoms with E-state index >= 15 is 0 Å². The van der Waals surface area contributed by atoms with Crippen LogP contribution in [-0.4, -0.2) is 50.8 Å². The van der Waals surface area contributed by atoms with Crippen LogP contribution >= 0.6 is 0 Å². The summed E-state index contributed by atoms with van der Waals surface area (Å²) >= 11 is 0. The van der Waals surface area contributed by atoms with Crippen molar-refractivity contribution in [2.75, 3.05) is 23.7 Å². The predicted octanol–water partition coefficient (Wildman–Crippen LogP) is 2.48. The van der Waals surface area contributed by atoms with E-state index in [4.69, 9.17) is 0 Å². The molecule has 1 unspecified atom stereocenters. The molecular formula is C21H20N6O2. The fourth-order valence-electron chi connectivity index (χ4n) is 3.26. The molecule has 2 amide bonds. The third-order valence-electron chi connectivity index (χ3n) is 4.78. The van der Waals surface area contributed by atoms with Crippen LogP contribution < -0.4 is 10.6 Å². The number of hydrogen-bond acceptors (Lipinski definition) is 6. The normalized spacial score (nSPS) is 15.9. The smallest absolute Gasteiger partial charge is 0.253 e. The van der Waals surface area contributed by atoms with Gasteiger partial charge in [0.05, 0.1) is 11.7 Å². The number of hydrogen-bond donors (Lipinski definition) is 2. The summed E-state index contributed by atoms with van der Waals surface area (Å²) in [6, 6.07) is 8.78. The molecule has 1 atom stereocenters. The first-order valence-electron chi connectivity index (χ1n) is 9.28. The molecule has 3 heterocycles. The number of rotatable bonds is 5. The number of amides is 2. The third kappa shape index (κ3) is 4.21.